The van der Waals surface area contributed by atoms with Crippen LogP contribution in [0.3, 0.4) is 0 Å². The van der Waals surface area contributed by atoms with Gasteiger partial charge in [-0.3, -0.25) is 19.4 Å². The molecule has 0 bridgehead atoms. The summed E-state index contributed by atoms with van der Waals surface area (Å²) < 4.78 is 5.18. The van der Waals surface area contributed by atoms with Crippen molar-refractivity contribution < 1.29 is 14.3 Å². The number of hydrogen-bond donors (Lipinski definition) is 1. The van der Waals surface area contributed by atoms with Gasteiger partial charge in [0, 0.05) is 57.1 Å². The maximum atomic E-state index is 13.7. The zero-order valence-corrected chi connectivity index (χ0v) is 17.1. The molecular weight excluding hydrogens is 368 g/mol. The molecule has 1 aromatic carbocycles. The van der Waals surface area contributed by atoms with Crippen LogP contribution in [-0.4, -0.2) is 85.5 Å². The van der Waals surface area contributed by atoms with Crippen molar-refractivity contribution in [1.82, 2.24) is 14.7 Å². The Morgan fingerprint density at radius 1 is 1.21 bits per heavy atom. The number of nitrogens with zero attached hydrogens (tertiary/aromatic N) is 3. The van der Waals surface area contributed by atoms with E-state index in [4.69, 9.17) is 4.74 Å². The number of para-hydroxylation sites is 1. The lowest BCUT2D eigenvalue weighted by Crippen LogP contribution is -2.57. The summed E-state index contributed by atoms with van der Waals surface area (Å²) in [4.78, 5) is 33.8. The van der Waals surface area contributed by atoms with E-state index in [0.717, 1.165) is 69.8 Å². The van der Waals surface area contributed by atoms with Crippen LogP contribution in [-0.2, 0) is 19.9 Å². The Morgan fingerprint density at radius 3 is 2.79 bits per heavy atom. The second kappa shape index (κ2) is 7.38. The van der Waals surface area contributed by atoms with E-state index < -0.39 is 5.54 Å². The van der Waals surface area contributed by atoms with E-state index in [1.165, 1.54) is 0 Å². The molecule has 4 heterocycles. The number of anilines is 1. The lowest BCUT2D eigenvalue weighted by Gasteiger charge is -2.40. The standard InChI is InChI=1S/C22H30N4O3/c1-29-14-13-24-9-11-25(12-10-24)20(27)18-15-16-5-4-8-26(16)22(18)17-6-2-3-7-19(17)23-21(22)28/h2-3,6-7,16,18H,4-5,8-15H2,1H3,(H,23,28)/t16-,18+,22+/m1/s1. The Hall–Kier alpha value is -1.96. The molecule has 29 heavy (non-hydrogen) atoms. The van der Waals surface area contributed by atoms with Crippen LogP contribution in [0.5, 0.6) is 0 Å². The average Bonchev–Trinajstić information content (AvgIpc) is 3.41. The SMILES string of the molecule is COCCN1CCN(C(=O)[C@@H]2C[C@H]3CCCN3[C@]23C(=O)Nc2ccccc23)CC1. The van der Waals surface area contributed by atoms with Crippen molar-refractivity contribution in [3.8, 4) is 0 Å². The van der Waals surface area contributed by atoms with E-state index in [-0.39, 0.29) is 17.7 Å². The number of piperazine rings is 1. The summed E-state index contributed by atoms with van der Waals surface area (Å²) in [6.45, 7) is 5.69. The molecule has 1 N–H and O–H groups in total. The zero-order chi connectivity index (χ0) is 20.0. The maximum Gasteiger partial charge on any atom is 0.250 e. The molecule has 0 unspecified atom stereocenters. The first-order valence-corrected chi connectivity index (χ1v) is 10.8. The first-order chi connectivity index (χ1) is 14.2. The Morgan fingerprint density at radius 2 is 2.00 bits per heavy atom. The van der Waals surface area contributed by atoms with Crippen molar-refractivity contribution in [2.45, 2.75) is 30.8 Å². The molecule has 0 aliphatic carbocycles. The highest BCUT2D eigenvalue weighted by Crippen LogP contribution is 2.55. The third kappa shape index (κ3) is 2.82. The zero-order valence-electron chi connectivity index (χ0n) is 17.1. The van der Waals surface area contributed by atoms with Crippen LogP contribution in [0.2, 0.25) is 0 Å². The van der Waals surface area contributed by atoms with Gasteiger partial charge in [0.05, 0.1) is 12.5 Å². The minimum atomic E-state index is -0.831. The number of nitrogens with one attached hydrogen (secondary N) is 1. The molecule has 4 aliphatic heterocycles. The third-order valence-electron chi connectivity index (χ3n) is 7.37. The average molecular weight is 399 g/mol. The van der Waals surface area contributed by atoms with Crippen LogP contribution >= 0.6 is 0 Å². The van der Waals surface area contributed by atoms with Crippen LogP contribution in [0.25, 0.3) is 0 Å². The fourth-order valence-electron chi connectivity index (χ4n) is 6.00. The van der Waals surface area contributed by atoms with E-state index in [1.807, 2.05) is 29.2 Å². The summed E-state index contributed by atoms with van der Waals surface area (Å²) >= 11 is 0. The Balaban J connectivity index is 1.43. The molecule has 3 fully saturated rings. The van der Waals surface area contributed by atoms with Crippen molar-refractivity contribution in [3.63, 3.8) is 0 Å². The Bertz CT molecular complexity index is 807. The van der Waals surface area contributed by atoms with Gasteiger partial charge in [0.15, 0.2) is 0 Å². The van der Waals surface area contributed by atoms with E-state index in [0.29, 0.717) is 12.6 Å². The molecule has 0 radical (unpaired) electrons. The minimum absolute atomic E-state index is 0.0137. The van der Waals surface area contributed by atoms with Gasteiger partial charge < -0.3 is 15.0 Å². The predicted octanol–water partition coefficient (Wildman–Crippen LogP) is 1.11. The van der Waals surface area contributed by atoms with Gasteiger partial charge in [0.2, 0.25) is 11.8 Å². The molecule has 7 heteroatoms. The Labute approximate surface area is 172 Å². The van der Waals surface area contributed by atoms with Gasteiger partial charge in [0.25, 0.3) is 0 Å². The minimum Gasteiger partial charge on any atom is -0.383 e. The fourth-order valence-corrected chi connectivity index (χ4v) is 6.00. The second-order valence-electron chi connectivity index (χ2n) is 8.70. The van der Waals surface area contributed by atoms with Gasteiger partial charge in [-0.05, 0) is 31.9 Å². The molecule has 156 valence electrons. The van der Waals surface area contributed by atoms with Gasteiger partial charge in [-0.15, -0.1) is 0 Å². The third-order valence-corrected chi connectivity index (χ3v) is 7.37. The van der Waals surface area contributed by atoms with Crippen LogP contribution in [0.4, 0.5) is 5.69 Å². The lowest BCUT2D eigenvalue weighted by atomic mass is 9.78. The quantitative estimate of drug-likeness (QED) is 0.823. The summed E-state index contributed by atoms with van der Waals surface area (Å²) in [5.41, 5.74) is 1.03. The molecule has 1 spiro atoms. The van der Waals surface area contributed by atoms with E-state index in [1.54, 1.807) is 7.11 Å². The molecule has 7 nitrogen and oxygen atoms in total. The number of rotatable bonds is 4. The molecular formula is C22H30N4O3. The largest absolute Gasteiger partial charge is 0.383 e. The van der Waals surface area contributed by atoms with E-state index >= 15 is 0 Å². The van der Waals surface area contributed by atoms with Crippen molar-refractivity contribution in [3.05, 3.63) is 29.8 Å². The highest BCUT2D eigenvalue weighted by Gasteiger charge is 2.65. The van der Waals surface area contributed by atoms with Crippen molar-refractivity contribution >= 4 is 17.5 Å². The summed E-state index contributed by atoms with van der Waals surface area (Å²) in [6, 6.07) is 8.26. The van der Waals surface area contributed by atoms with Crippen molar-refractivity contribution in [2.24, 2.45) is 5.92 Å². The molecule has 0 aromatic heterocycles. The summed E-state index contributed by atoms with van der Waals surface area (Å²) in [5, 5.41) is 3.09. The van der Waals surface area contributed by atoms with Crippen LogP contribution in [0.1, 0.15) is 24.8 Å². The van der Waals surface area contributed by atoms with Crippen LogP contribution in [0, 0.1) is 5.92 Å². The van der Waals surface area contributed by atoms with Gasteiger partial charge in [-0.1, -0.05) is 18.2 Å². The monoisotopic (exact) mass is 398 g/mol. The molecule has 0 saturated carbocycles. The van der Waals surface area contributed by atoms with Crippen molar-refractivity contribution in [2.75, 3.05) is 58.3 Å². The smallest absolute Gasteiger partial charge is 0.250 e. The molecule has 4 aliphatic rings. The number of methoxy groups -OCH3 is 1. The highest BCUT2D eigenvalue weighted by atomic mass is 16.5. The van der Waals surface area contributed by atoms with Gasteiger partial charge in [-0.2, -0.15) is 0 Å². The molecule has 3 saturated heterocycles. The number of ether oxygens (including phenoxy) is 1. The number of carbonyl (C=O) groups is 2. The normalized spacial score (nSPS) is 31.9. The number of benzene rings is 1. The molecule has 1 aromatic rings. The first kappa shape index (κ1) is 19.0. The topological polar surface area (TPSA) is 65.1 Å². The molecule has 5 rings (SSSR count). The number of hydrogen-bond acceptors (Lipinski definition) is 5. The second-order valence-corrected chi connectivity index (χ2v) is 8.70. The number of carbonyl (C=O) groups excluding carboxylic acids is 2. The van der Waals surface area contributed by atoms with E-state index in [2.05, 4.69) is 15.1 Å². The van der Waals surface area contributed by atoms with Crippen LogP contribution in [0.15, 0.2) is 24.3 Å². The Kier molecular flexibility index (Phi) is 4.84. The van der Waals surface area contributed by atoms with Gasteiger partial charge >= 0.3 is 0 Å². The van der Waals surface area contributed by atoms with Crippen LogP contribution < -0.4 is 5.32 Å². The van der Waals surface area contributed by atoms with Crippen molar-refractivity contribution in [1.29, 1.82) is 0 Å². The van der Waals surface area contributed by atoms with E-state index in [9.17, 15) is 9.59 Å². The predicted molar refractivity (Wildman–Crippen MR) is 109 cm³/mol. The number of amides is 2. The summed E-state index contributed by atoms with van der Waals surface area (Å²) in [7, 11) is 1.72. The molecule has 2 amide bonds. The number of fused-ring (bicyclic) bond motifs is 4. The maximum absolute atomic E-state index is 13.7. The highest BCUT2D eigenvalue weighted by molar-refractivity contribution is 6.09. The summed E-state index contributed by atoms with van der Waals surface area (Å²) in [6.07, 6.45) is 2.96. The first-order valence-electron chi connectivity index (χ1n) is 10.8. The van der Waals surface area contributed by atoms with Gasteiger partial charge in [0.1, 0.15) is 5.54 Å². The summed E-state index contributed by atoms with van der Waals surface area (Å²) in [5.74, 6) is -0.167. The fraction of sp³-hybridized carbons (Fsp3) is 0.636. The lowest BCUT2D eigenvalue weighted by molar-refractivity contribution is -0.145. The molecule has 3 atom stereocenters. The van der Waals surface area contributed by atoms with Gasteiger partial charge in [-0.25, -0.2) is 0 Å².